The summed E-state index contributed by atoms with van der Waals surface area (Å²) in [5, 5.41) is 11.1. The van der Waals surface area contributed by atoms with E-state index in [0.29, 0.717) is 12.5 Å². The van der Waals surface area contributed by atoms with Crippen LogP contribution in [0, 0.1) is 10.1 Å². The second kappa shape index (κ2) is 10.0. The van der Waals surface area contributed by atoms with Crippen molar-refractivity contribution in [3.63, 3.8) is 0 Å². The first-order valence-electron chi connectivity index (χ1n) is 8.71. The molecule has 9 nitrogen and oxygen atoms in total. The van der Waals surface area contributed by atoms with Crippen molar-refractivity contribution in [2.45, 2.75) is 32.3 Å². The first-order valence-corrected chi connectivity index (χ1v) is 8.71. The molecule has 2 rings (SSSR count). The zero-order valence-electron chi connectivity index (χ0n) is 15.2. The Morgan fingerprint density at radius 3 is 2.73 bits per heavy atom. The van der Waals surface area contributed by atoms with Gasteiger partial charge in [0.15, 0.2) is 0 Å². The molecule has 1 aromatic heterocycles. The van der Waals surface area contributed by atoms with Gasteiger partial charge in [0.25, 0.3) is 5.69 Å². The number of ether oxygens (including phenoxy) is 3. The second-order valence-corrected chi connectivity index (χ2v) is 6.01. The van der Waals surface area contributed by atoms with Gasteiger partial charge in [-0.3, -0.25) is 14.9 Å². The number of methoxy groups -OCH3 is 1. The SMILES string of the molecule is CCOC(=O)Cc1nc(OC2CCN(CCOC)CC2)ccc1[N+](=O)[O-]. The number of carbonyl (C=O) groups is 1. The van der Waals surface area contributed by atoms with E-state index in [1.165, 1.54) is 12.1 Å². The van der Waals surface area contributed by atoms with Gasteiger partial charge in [-0.15, -0.1) is 0 Å². The van der Waals surface area contributed by atoms with Gasteiger partial charge in [0.2, 0.25) is 5.88 Å². The monoisotopic (exact) mass is 367 g/mol. The number of likely N-dealkylation sites (tertiary alicyclic amines) is 1. The number of pyridine rings is 1. The highest BCUT2D eigenvalue weighted by molar-refractivity contribution is 5.73. The van der Waals surface area contributed by atoms with Crippen LogP contribution in [0.1, 0.15) is 25.5 Å². The molecule has 0 radical (unpaired) electrons. The molecule has 1 fully saturated rings. The van der Waals surface area contributed by atoms with Gasteiger partial charge in [-0.2, -0.15) is 0 Å². The zero-order chi connectivity index (χ0) is 18.9. The van der Waals surface area contributed by atoms with E-state index >= 15 is 0 Å². The fourth-order valence-electron chi connectivity index (χ4n) is 2.83. The van der Waals surface area contributed by atoms with E-state index in [4.69, 9.17) is 14.2 Å². The first kappa shape index (κ1) is 20.1. The molecule has 2 heterocycles. The number of nitro groups is 1. The van der Waals surface area contributed by atoms with E-state index in [9.17, 15) is 14.9 Å². The van der Waals surface area contributed by atoms with Crippen molar-refractivity contribution >= 4 is 11.7 Å². The summed E-state index contributed by atoms with van der Waals surface area (Å²) < 4.78 is 15.8. The van der Waals surface area contributed by atoms with E-state index in [2.05, 4.69) is 9.88 Å². The average molecular weight is 367 g/mol. The van der Waals surface area contributed by atoms with Crippen LogP contribution >= 0.6 is 0 Å². The molecule has 26 heavy (non-hydrogen) atoms. The lowest BCUT2D eigenvalue weighted by molar-refractivity contribution is -0.385. The molecule has 0 aliphatic carbocycles. The third-order valence-electron chi connectivity index (χ3n) is 4.17. The predicted octanol–water partition coefficient (Wildman–Crippen LogP) is 1.58. The molecule has 1 aromatic rings. The quantitative estimate of drug-likeness (QED) is 0.368. The van der Waals surface area contributed by atoms with Gasteiger partial charge >= 0.3 is 5.97 Å². The van der Waals surface area contributed by atoms with E-state index < -0.39 is 10.9 Å². The molecule has 9 heteroatoms. The highest BCUT2D eigenvalue weighted by atomic mass is 16.6. The third-order valence-corrected chi connectivity index (χ3v) is 4.17. The fourth-order valence-corrected chi connectivity index (χ4v) is 2.83. The number of carbonyl (C=O) groups excluding carboxylic acids is 1. The number of piperidine rings is 1. The predicted molar refractivity (Wildman–Crippen MR) is 93.2 cm³/mol. The van der Waals surface area contributed by atoms with Gasteiger partial charge in [-0.25, -0.2) is 4.98 Å². The van der Waals surface area contributed by atoms with Crippen LogP contribution in [0.2, 0.25) is 0 Å². The lowest BCUT2D eigenvalue weighted by Crippen LogP contribution is -2.39. The van der Waals surface area contributed by atoms with Crippen molar-refractivity contribution in [3.05, 3.63) is 27.9 Å². The van der Waals surface area contributed by atoms with Crippen LogP contribution in [0.15, 0.2) is 12.1 Å². The van der Waals surface area contributed by atoms with Gasteiger partial charge in [-0.05, 0) is 19.8 Å². The third kappa shape index (κ3) is 5.92. The average Bonchev–Trinajstić information content (AvgIpc) is 2.61. The summed E-state index contributed by atoms with van der Waals surface area (Å²) in [4.78, 5) is 28.7. The van der Waals surface area contributed by atoms with Crippen molar-refractivity contribution < 1.29 is 23.9 Å². The topological polar surface area (TPSA) is 104 Å². The Bertz CT molecular complexity index is 617. The lowest BCUT2D eigenvalue weighted by Gasteiger charge is -2.31. The molecule has 144 valence electrons. The van der Waals surface area contributed by atoms with E-state index in [1.807, 2.05) is 0 Å². The number of aromatic nitrogens is 1. The maximum atomic E-state index is 11.7. The molecule has 1 saturated heterocycles. The molecule has 1 aliphatic heterocycles. The van der Waals surface area contributed by atoms with Crippen molar-refractivity contribution in [3.8, 4) is 5.88 Å². The summed E-state index contributed by atoms with van der Waals surface area (Å²) in [5.41, 5.74) is -0.150. The van der Waals surface area contributed by atoms with Crippen molar-refractivity contribution in [1.29, 1.82) is 0 Å². The van der Waals surface area contributed by atoms with Crippen molar-refractivity contribution in [1.82, 2.24) is 9.88 Å². The summed E-state index contributed by atoms with van der Waals surface area (Å²) in [6.45, 7) is 5.28. The summed E-state index contributed by atoms with van der Waals surface area (Å²) in [7, 11) is 1.68. The molecule has 0 spiro atoms. The minimum absolute atomic E-state index is 0.00167. The van der Waals surface area contributed by atoms with Gasteiger partial charge in [0.1, 0.15) is 11.8 Å². The summed E-state index contributed by atoms with van der Waals surface area (Å²) in [5.74, 6) is -0.253. The van der Waals surface area contributed by atoms with E-state index in [0.717, 1.165) is 32.5 Å². The van der Waals surface area contributed by atoms with E-state index in [1.54, 1.807) is 14.0 Å². The Morgan fingerprint density at radius 1 is 1.38 bits per heavy atom. The molecule has 1 aliphatic rings. The maximum Gasteiger partial charge on any atom is 0.312 e. The van der Waals surface area contributed by atoms with Crippen LogP contribution in [-0.2, 0) is 20.7 Å². The van der Waals surface area contributed by atoms with Gasteiger partial charge in [0.05, 0.1) is 24.6 Å². The molecule has 0 aromatic carbocycles. The number of rotatable bonds is 9. The maximum absolute atomic E-state index is 11.7. The Morgan fingerprint density at radius 2 is 2.12 bits per heavy atom. The highest BCUT2D eigenvalue weighted by Crippen LogP contribution is 2.23. The van der Waals surface area contributed by atoms with Crippen LogP contribution in [-0.4, -0.2) is 66.8 Å². The number of esters is 1. The Kier molecular flexibility index (Phi) is 7.73. The Balaban J connectivity index is 1.99. The van der Waals surface area contributed by atoms with Crippen LogP contribution in [0.5, 0.6) is 5.88 Å². The molecule has 0 unspecified atom stereocenters. The highest BCUT2D eigenvalue weighted by Gasteiger charge is 2.23. The second-order valence-electron chi connectivity index (χ2n) is 6.01. The molecule has 0 atom stereocenters. The lowest BCUT2D eigenvalue weighted by atomic mass is 10.1. The minimum atomic E-state index is -0.556. The van der Waals surface area contributed by atoms with Crippen molar-refractivity contribution in [2.24, 2.45) is 0 Å². The first-order chi connectivity index (χ1) is 12.5. The summed E-state index contributed by atoms with van der Waals surface area (Å²) in [6.07, 6.45) is 1.43. The number of hydrogen-bond donors (Lipinski definition) is 0. The van der Waals surface area contributed by atoms with Crippen LogP contribution < -0.4 is 4.74 Å². The van der Waals surface area contributed by atoms with Gasteiger partial charge < -0.3 is 19.1 Å². The van der Waals surface area contributed by atoms with Crippen LogP contribution in [0.4, 0.5) is 5.69 Å². The number of hydrogen-bond acceptors (Lipinski definition) is 8. The summed E-state index contributed by atoms with van der Waals surface area (Å²) >= 11 is 0. The Hall–Kier alpha value is -2.26. The molecule has 0 N–H and O–H groups in total. The fraction of sp³-hybridized carbons (Fsp3) is 0.647. The van der Waals surface area contributed by atoms with Gasteiger partial charge in [0, 0.05) is 38.9 Å². The smallest absolute Gasteiger partial charge is 0.312 e. The largest absolute Gasteiger partial charge is 0.474 e. The normalized spacial score (nSPS) is 15.6. The summed E-state index contributed by atoms with van der Waals surface area (Å²) in [6, 6.07) is 2.80. The molecule has 0 amide bonds. The molecular weight excluding hydrogens is 342 g/mol. The van der Waals surface area contributed by atoms with E-state index in [-0.39, 0.29) is 30.5 Å². The van der Waals surface area contributed by atoms with Crippen LogP contribution in [0.3, 0.4) is 0 Å². The zero-order valence-corrected chi connectivity index (χ0v) is 15.2. The molecule has 0 saturated carbocycles. The van der Waals surface area contributed by atoms with Crippen LogP contribution in [0.25, 0.3) is 0 Å². The minimum Gasteiger partial charge on any atom is -0.474 e. The number of nitrogens with zero attached hydrogens (tertiary/aromatic N) is 3. The van der Waals surface area contributed by atoms with Crippen molar-refractivity contribution in [2.75, 3.05) is 40.0 Å². The molecular formula is C17H25N3O6. The molecule has 0 bridgehead atoms. The van der Waals surface area contributed by atoms with Gasteiger partial charge in [-0.1, -0.05) is 0 Å². The Labute approximate surface area is 152 Å². The standard InChI is InChI=1S/C17H25N3O6/c1-3-25-17(21)12-14-15(20(22)23)4-5-16(18-14)26-13-6-8-19(9-7-13)10-11-24-2/h4-5,13H,3,6-12H2,1-2H3.